The van der Waals surface area contributed by atoms with Crippen molar-refractivity contribution in [3.05, 3.63) is 24.3 Å². The Bertz CT molecular complexity index is 681. The van der Waals surface area contributed by atoms with Crippen LogP contribution in [0.5, 0.6) is 0 Å². The number of carbonyl (C=O) groups is 2. The molecule has 7 heteroatoms. The van der Waals surface area contributed by atoms with Crippen molar-refractivity contribution in [3.8, 4) is 0 Å². The molecular formula is C20H29N5O2. The molecule has 1 aromatic carbocycles. The summed E-state index contributed by atoms with van der Waals surface area (Å²) in [6.45, 7) is 8.19. The number of benzene rings is 1. The highest BCUT2D eigenvalue weighted by atomic mass is 16.2. The lowest BCUT2D eigenvalue weighted by Crippen LogP contribution is -2.50. The van der Waals surface area contributed by atoms with Crippen molar-refractivity contribution in [2.24, 2.45) is 5.92 Å². The van der Waals surface area contributed by atoms with Gasteiger partial charge in [0.2, 0.25) is 5.91 Å². The molecule has 1 aromatic rings. The van der Waals surface area contributed by atoms with E-state index in [1.807, 2.05) is 12.1 Å². The minimum absolute atomic E-state index is 0.197. The number of carbonyl (C=O) groups excluding carboxylic acids is 2. The largest absolute Gasteiger partial charge is 0.369 e. The minimum atomic E-state index is -0.324. The van der Waals surface area contributed by atoms with E-state index in [0.717, 1.165) is 56.6 Å². The summed E-state index contributed by atoms with van der Waals surface area (Å²) in [5.74, 6) is 0.638. The first-order chi connectivity index (χ1) is 13.2. The van der Waals surface area contributed by atoms with E-state index in [4.69, 9.17) is 0 Å². The molecule has 146 valence electrons. The van der Waals surface area contributed by atoms with Gasteiger partial charge in [-0.3, -0.25) is 19.9 Å². The number of piperidine rings is 1. The zero-order valence-corrected chi connectivity index (χ0v) is 15.8. The molecule has 0 radical (unpaired) electrons. The SMILES string of the molecule is O=C1CCN(c2cccc(N3CCN(CC4CCNCC4)CC3)c2)C(=O)N1. The van der Waals surface area contributed by atoms with Crippen LogP contribution in [0.1, 0.15) is 19.3 Å². The normalized spacial score (nSPS) is 22.8. The monoisotopic (exact) mass is 371 g/mol. The summed E-state index contributed by atoms with van der Waals surface area (Å²) in [5.41, 5.74) is 2.01. The van der Waals surface area contributed by atoms with Crippen molar-refractivity contribution in [2.45, 2.75) is 19.3 Å². The van der Waals surface area contributed by atoms with E-state index in [2.05, 4.69) is 32.6 Å². The predicted octanol–water partition coefficient (Wildman–Crippen LogP) is 1.25. The van der Waals surface area contributed by atoms with Crippen LogP contribution in [0.25, 0.3) is 0 Å². The molecule has 0 aliphatic carbocycles. The summed E-state index contributed by atoms with van der Waals surface area (Å²) in [7, 11) is 0. The molecule has 3 amide bonds. The molecule has 4 rings (SSSR count). The molecule has 3 fully saturated rings. The molecule has 3 aliphatic rings. The van der Waals surface area contributed by atoms with Gasteiger partial charge in [0.05, 0.1) is 0 Å². The van der Waals surface area contributed by atoms with Crippen LogP contribution < -0.4 is 20.4 Å². The number of anilines is 2. The first-order valence-electron chi connectivity index (χ1n) is 10.1. The number of rotatable bonds is 4. The maximum atomic E-state index is 12.1. The number of amides is 3. The molecule has 3 aliphatic heterocycles. The van der Waals surface area contributed by atoms with Crippen LogP contribution in [0, 0.1) is 5.92 Å². The van der Waals surface area contributed by atoms with Crippen molar-refractivity contribution < 1.29 is 9.59 Å². The Morgan fingerprint density at radius 2 is 1.70 bits per heavy atom. The van der Waals surface area contributed by atoms with Gasteiger partial charge in [-0.1, -0.05) is 6.07 Å². The lowest BCUT2D eigenvalue weighted by Gasteiger charge is -2.38. The van der Waals surface area contributed by atoms with Crippen LogP contribution in [-0.4, -0.2) is 69.2 Å². The quantitative estimate of drug-likeness (QED) is 0.834. The third-order valence-corrected chi connectivity index (χ3v) is 5.91. The van der Waals surface area contributed by atoms with Crippen molar-refractivity contribution in [2.75, 3.05) is 62.2 Å². The summed E-state index contributed by atoms with van der Waals surface area (Å²) < 4.78 is 0. The van der Waals surface area contributed by atoms with E-state index in [0.29, 0.717) is 13.0 Å². The van der Waals surface area contributed by atoms with E-state index >= 15 is 0 Å². The number of imide groups is 1. The average molecular weight is 371 g/mol. The van der Waals surface area contributed by atoms with Crippen LogP contribution in [-0.2, 0) is 4.79 Å². The van der Waals surface area contributed by atoms with Crippen LogP contribution in [0.15, 0.2) is 24.3 Å². The van der Waals surface area contributed by atoms with Crippen LogP contribution in [0.2, 0.25) is 0 Å². The Morgan fingerprint density at radius 1 is 0.963 bits per heavy atom. The summed E-state index contributed by atoms with van der Waals surface area (Å²) in [5, 5.41) is 5.84. The number of hydrogen-bond acceptors (Lipinski definition) is 5. The Morgan fingerprint density at radius 3 is 2.44 bits per heavy atom. The lowest BCUT2D eigenvalue weighted by atomic mass is 9.97. The second-order valence-corrected chi connectivity index (χ2v) is 7.76. The van der Waals surface area contributed by atoms with Gasteiger partial charge < -0.3 is 10.2 Å². The summed E-state index contributed by atoms with van der Waals surface area (Å²) in [4.78, 5) is 30.1. The molecule has 3 saturated heterocycles. The highest BCUT2D eigenvalue weighted by Gasteiger charge is 2.25. The molecule has 7 nitrogen and oxygen atoms in total. The maximum absolute atomic E-state index is 12.1. The fraction of sp³-hybridized carbons (Fsp3) is 0.600. The predicted molar refractivity (Wildman–Crippen MR) is 106 cm³/mol. The van der Waals surface area contributed by atoms with Gasteiger partial charge in [-0.15, -0.1) is 0 Å². The second-order valence-electron chi connectivity index (χ2n) is 7.76. The molecule has 0 unspecified atom stereocenters. The third-order valence-electron chi connectivity index (χ3n) is 5.91. The number of nitrogens with zero attached hydrogens (tertiary/aromatic N) is 3. The fourth-order valence-corrected chi connectivity index (χ4v) is 4.29. The Hall–Kier alpha value is -2.12. The highest BCUT2D eigenvalue weighted by Crippen LogP contribution is 2.25. The molecule has 27 heavy (non-hydrogen) atoms. The molecule has 0 spiro atoms. The topological polar surface area (TPSA) is 67.9 Å². The number of urea groups is 1. The first-order valence-corrected chi connectivity index (χ1v) is 10.1. The molecule has 0 aromatic heterocycles. The number of piperazine rings is 1. The van der Waals surface area contributed by atoms with Crippen molar-refractivity contribution in [3.63, 3.8) is 0 Å². The highest BCUT2D eigenvalue weighted by molar-refractivity contribution is 6.05. The van der Waals surface area contributed by atoms with Gasteiger partial charge in [0, 0.05) is 57.1 Å². The summed E-state index contributed by atoms with van der Waals surface area (Å²) >= 11 is 0. The van der Waals surface area contributed by atoms with Crippen molar-refractivity contribution in [1.29, 1.82) is 0 Å². The van der Waals surface area contributed by atoms with E-state index in [1.54, 1.807) is 4.90 Å². The van der Waals surface area contributed by atoms with Crippen LogP contribution in [0.4, 0.5) is 16.2 Å². The summed E-state index contributed by atoms with van der Waals surface area (Å²) in [6, 6.07) is 7.79. The molecular weight excluding hydrogens is 342 g/mol. The second kappa shape index (κ2) is 8.27. The van der Waals surface area contributed by atoms with Crippen LogP contribution >= 0.6 is 0 Å². The van der Waals surface area contributed by atoms with Crippen molar-refractivity contribution in [1.82, 2.24) is 15.5 Å². The molecule has 2 N–H and O–H groups in total. The zero-order chi connectivity index (χ0) is 18.6. The van der Waals surface area contributed by atoms with E-state index in [1.165, 1.54) is 19.4 Å². The van der Waals surface area contributed by atoms with Crippen molar-refractivity contribution >= 4 is 23.3 Å². The third kappa shape index (κ3) is 4.42. The van der Waals surface area contributed by atoms with Crippen LogP contribution in [0.3, 0.4) is 0 Å². The molecule has 0 atom stereocenters. The van der Waals surface area contributed by atoms with E-state index in [9.17, 15) is 9.59 Å². The maximum Gasteiger partial charge on any atom is 0.328 e. The van der Waals surface area contributed by atoms with Gasteiger partial charge >= 0.3 is 6.03 Å². The van der Waals surface area contributed by atoms with Gasteiger partial charge in [-0.25, -0.2) is 4.79 Å². The number of hydrogen-bond donors (Lipinski definition) is 2. The minimum Gasteiger partial charge on any atom is -0.369 e. The molecule has 0 bridgehead atoms. The molecule has 0 saturated carbocycles. The molecule has 3 heterocycles. The first kappa shape index (κ1) is 18.3. The van der Waals surface area contributed by atoms with Gasteiger partial charge in [0.1, 0.15) is 0 Å². The van der Waals surface area contributed by atoms with E-state index < -0.39 is 0 Å². The van der Waals surface area contributed by atoms with Gasteiger partial charge in [0.15, 0.2) is 0 Å². The summed E-state index contributed by atoms with van der Waals surface area (Å²) in [6.07, 6.45) is 2.94. The van der Waals surface area contributed by atoms with E-state index in [-0.39, 0.29) is 11.9 Å². The Kier molecular flexibility index (Phi) is 5.59. The average Bonchev–Trinajstić information content (AvgIpc) is 2.69. The van der Waals surface area contributed by atoms with Gasteiger partial charge in [-0.2, -0.15) is 0 Å². The number of nitrogens with one attached hydrogen (secondary N) is 2. The Labute approximate surface area is 160 Å². The standard InChI is InChI=1S/C20H29N5O2/c26-19-6-9-25(20(27)22-19)18-3-1-2-17(14-18)24-12-10-23(11-13-24)15-16-4-7-21-8-5-16/h1-3,14,16,21H,4-13,15H2,(H,22,26,27). The smallest absolute Gasteiger partial charge is 0.328 e. The fourth-order valence-electron chi connectivity index (χ4n) is 4.29. The zero-order valence-electron chi connectivity index (χ0n) is 15.8. The lowest BCUT2D eigenvalue weighted by molar-refractivity contribution is -0.120. The van der Waals surface area contributed by atoms with Gasteiger partial charge in [-0.05, 0) is 50.0 Å². The Balaban J connectivity index is 1.34. The van der Waals surface area contributed by atoms with Gasteiger partial charge in [0.25, 0.3) is 0 Å².